The summed E-state index contributed by atoms with van der Waals surface area (Å²) in [6.45, 7) is 7.84. The number of benzene rings is 1. The molecule has 1 aliphatic heterocycles. The number of fused-ring (bicyclic) bond motifs is 1. The number of likely N-dealkylation sites (tertiary alicyclic amines) is 1. The average Bonchev–Trinajstić information content (AvgIpc) is 2.88. The molecule has 3 rings (SSSR count). The molecule has 0 saturated carbocycles. The minimum absolute atomic E-state index is 0.233. The van der Waals surface area contributed by atoms with E-state index in [2.05, 4.69) is 10.3 Å². The third-order valence-corrected chi connectivity index (χ3v) is 4.14. The van der Waals surface area contributed by atoms with Gasteiger partial charge in [-0.15, -0.1) is 5.10 Å². The lowest BCUT2D eigenvalue weighted by Gasteiger charge is -2.34. The van der Waals surface area contributed by atoms with Crippen molar-refractivity contribution in [3.8, 4) is 0 Å². The minimum atomic E-state index is -0.466. The number of carbonyl (C=O) groups excluding carboxylic acids is 1. The molecule has 1 aromatic heterocycles. The molecule has 0 radical (unpaired) electrons. The van der Waals surface area contributed by atoms with E-state index < -0.39 is 5.60 Å². The number of carbonyl (C=O) groups is 1. The topological polar surface area (TPSA) is 86.3 Å². The van der Waals surface area contributed by atoms with Crippen molar-refractivity contribution < 1.29 is 9.53 Å². The predicted octanol–water partition coefficient (Wildman–Crippen LogP) is 2.66. The molecule has 0 aliphatic carbocycles. The van der Waals surface area contributed by atoms with E-state index in [-0.39, 0.29) is 6.09 Å². The fourth-order valence-electron chi connectivity index (χ4n) is 3.07. The second kappa shape index (κ2) is 6.30. The van der Waals surface area contributed by atoms with E-state index in [1.165, 1.54) is 0 Å². The Morgan fingerprint density at radius 2 is 2.21 bits per heavy atom. The van der Waals surface area contributed by atoms with Crippen LogP contribution in [0.1, 0.15) is 33.6 Å². The molecular formula is C17H25N5O2. The van der Waals surface area contributed by atoms with Gasteiger partial charge in [-0.1, -0.05) is 5.21 Å². The molecule has 1 atom stereocenters. The highest BCUT2D eigenvalue weighted by Gasteiger charge is 2.28. The molecule has 1 fully saturated rings. The normalized spacial score (nSPS) is 18.8. The molecule has 7 nitrogen and oxygen atoms in total. The van der Waals surface area contributed by atoms with Gasteiger partial charge in [-0.25, -0.2) is 9.48 Å². The van der Waals surface area contributed by atoms with Crippen molar-refractivity contribution in [3.63, 3.8) is 0 Å². The highest BCUT2D eigenvalue weighted by Crippen LogP contribution is 2.22. The highest BCUT2D eigenvalue weighted by atomic mass is 16.6. The van der Waals surface area contributed by atoms with Crippen molar-refractivity contribution >= 4 is 22.8 Å². The van der Waals surface area contributed by atoms with Gasteiger partial charge in [0, 0.05) is 25.3 Å². The number of ether oxygens (including phenoxy) is 1. The molecular weight excluding hydrogens is 306 g/mol. The van der Waals surface area contributed by atoms with Gasteiger partial charge in [0.1, 0.15) is 11.1 Å². The molecule has 0 spiro atoms. The molecule has 2 N–H and O–H groups in total. The lowest BCUT2D eigenvalue weighted by Crippen LogP contribution is -2.43. The van der Waals surface area contributed by atoms with Crippen molar-refractivity contribution in [1.82, 2.24) is 19.9 Å². The Hall–Kier alpha value is -2.31. The van der Waals surface area contributed by atoms with Crippen LogP contribution in [0.4, 0.5) is 10.5 Å². The Morgan fingerprint density at radius 3 is 2.96 bits per heavy atom. The average molecular weight is 331 g/mol. The van der Waals surface area contributed by atoms with E-state index in [1.807, 2.05) is 43.7 Å². The van der Waals surface area contributed by atoms with Crippen LogP contribution < -0.4 is 5.73 Å². The van der Waals surface area contributed by atoms with Gasteiger partial charge in [0.05, 0.1) is 5.52 Å². The summed E-state index contributed by atoms with van der Waals surface area (Å²) in [6, 6.07) is 5.63. The Labute approximate surface area is 141 Å². The summed E-state index contributed by atoms with van der Waals surface area (Å²) in [5.74, 6) is 0.341. The van der Waals surface area contributed by atoms with Gasteiger partial charge in [0.2, 0.25) is 0 Å². The van der Waals surface area contributed by atoms with Crippen LogP contribution >= 0.6 is 0 Å². The van der Waals surface area contributed by atoms with Gasteiger partial charge in [-0.3, -0.25) is 0 Å². The molecule has 1 amide bonds. The summed E-state index contributed by atoms with van der Waals surface area (Å²) >= 11 is 0. The summed E-state index contributed by atoms with van der Waals surface area (Å²) in [5, 5.41) is 8.41. The molecule has 1 aliphatic rings. The lowest BCUT2D eigenvalue weighted by atomic mass is 9.98. The number of hydrogen-bond acceptors (Lipinski definition) is 5. The standard InChI is InChI=1S/C17H25N5O2/c1-17(2,3)24-16(23)21-8-4-5-12(10-21)11-22-15-7-6-13(18)9-14(15)19-20-22/h6-7,9,12H,4-5,8,10-11,18H2,1-3H3. The zero-order chi connectivity index (χ0) is 17.3. The number of nitrogen functional groups attached to an aromatic ring is 1. The van der Waals surface area contributed by atoms with Crippen LogP contribution in [0, 0.1) is 5.92 Å². The first-order valence-corrected chi connectivity index (χ1v) is 8.38. The molecule has 2 aromatic rings. The molecule has 7 heteroatoms. The van der Waals surface area contributed by atoms with Crippen LogP contribution in [0.15, 0.2) is 18.2 Å². The number of amides is 1. The zero-order valence-corrected chi connectivity index (χ0v) is 14.5. The van der Waals surface area contributed by atoms with Crippen LogP contribution in [0.2, 0.25) is 0 Å². The maximum atomic E-state index is 12.3. The van der Waals surface area contributed by atoms with Crippen molar-refractivity contribution in [3.05, 3.63) is 18.2 Å². The minimum Gasteiger partial charge on any atom is -0.444 e. The summed E-state index contributed by atoms with van der Waals surface area (Å²) in [4.78, 5) is 14.1. The van der Waals surface area contributed by atoms with E-state index in [0.29, 0.717) is 18.2 Å². The molecule has 130 valence electrons. The quantitative estimate of drug-likeness (QED) is 0.855. The molecule has 1 saturated heterocycles. The second-order valence-electron chi connectivity index (χ2n) is 7.45. The number of hydrogen-bond donors (Lipinski definition) is 1. The number of aromatic nitrogens is 3. The van der Waals surface area contributed by atoms with Crippen molar-refractivity contribution in [2.24, 2.45) is 5.92 Å². The number of rotatable bonds is 2. The summed E-state index contributed by atoms with van der Waals surface area (Å²) in [7, 11) is 0. The predicted molar refractivity (Wildman–Crippen MR) is 92.5 cm³/mol. The van der Waals surface area contributed by atoms with Crippen LogP contribution in [0.25, 0.3) is 11.0 Å². The molecule has 1 aromatic carbocycles. The van der Waals surface area contributed by atoms with Gasteiger partial charge in [-0.05, 0) is 57.7 Å². The fraction of sp³-hybridized carbons (Fsp3) is 0.588. The maximum Gasteiger partial charge on any atom is 0.410 e. The first-order valence-electron chi connectivity index (χ1n) is 8.38. The maximum absolute atomic E-state index is 12.3. The smallest absolute Gasteiger partial charge is 0.410 e. The Balaban J connectivity index is 1.67. The first kappa shape index (κ1) is 16.5. The Bertz CT molecular complexity index is 734. The largest absolute Gasteiger partial charge is 0.444 e. The SMILES string of the molecule is CC(C)(C)OC(=O)N1CCCC(Cn2nnc3cc(N)ccc32)C1. The van der Waals surface area contributed by atoms with E-state index in [9.17, 15) is 4.79 Å². The third kappa shape index (κ3) is 3.77. The van der Waals surface area contributed by atoms with Gasteiger partial charge >= 0.3 is 6.09 Å². The van der Waals surface area contributed by atoms with E-state index in [0.717, 1.165) is 37.0 Å². The van der Waals surface area contributed by atoms with Gasteiger partial charge in [0.25, 0.3) is 0 Å². The van der Waals surface area contributed by atoms with Crippen molar-refractivity contribution in [1.29, 1.82) is 0 Å². The molecule has 2 heterocycles. The van der Waals surface area contributed by atoms with Crippen LogP contribution in [-0.4, -0.2) is 44.7 Å². The highest BCUT2D eigenvalue weighted by molar-refractivity contribution is 5.78. The van der Waals surface area contributed by atoms with Gasteiger partial charge in [0.15, 0.2) is 0 Å². The lowest BCUT2D eigenvalue weighted by molar-refractivity contribution is 0.0156. The van der Waals surface area contributed by atoms with Crippen molar-refractivity contribution in [2.75, 3.05) is 18.8 Å². The molecule has 1 unspecified atom stereocenters. The van der Waals surface area contributed by atoms with E-state index in [4.69, 9.17) is 10.5 Å². The fourth-order valence-corrected chi connectivity index (χ4v) is 3.07. The summed E-state index contributed by atoms with van der Waals surface area (Å²) < 4.78 is 7.38. The first-order chi connectivity index (χ1) is 11.3. The van der Waals surface area contributed by atoms with E-state index >= 15 is 0 Å². The van der Waals surface area contributed by atoms with Crippen molar-refractivity contribution in [2.45, 2.75) is 45.8 Å². The van der Waals surface area contributed by atoms with Gasteiger partial charge < -0.3 is 15.4 Å². The van der Waals surface area contributed by atoms with Crippen LogP contribution in [-0.2, 0) is 11.3 Å². The number of nitrogens with zero attached hydrogens (tertiary/aromatic N) is 4. The second-order valence-corrected chi connectivity index (χ2v) is 7.45. The van der Waals surface area contributed by atoms with Crippen LogP contribution in [0.3, 0.4) is 0 Å². The number of piperidine rings is 1. The van der Waals surface area contributed by atoms with E-state index in [1.54, 1.807) is 4.90 Å². The Morgan fingerprint density at radius 1 is 1.42 bits per heavy atom. The van der Waals surface area contributed by atoms with Crippen LogP contribution in [0.5, 0.6) is 0 Å². The molecule has 0 bridgehead atoms. The molecule has 24 heavy (non-hydrogen) atoms. The zero-order valence-electron chi connectivity index (χ0n) is 14.5. The summed E-state index contributed by atoms with van der Waals surface area (Å²) in [5.41, 5.74) is 7.77. The number of anilines is 1. The monoisotopic (exact) mass is 331 g/mol. The third-order valence-electron chi connectivity index (χ3n) is 4.14. The van der Waals surface area contributed by atoms with Gasteiger partial charge in [-0.2, -0.15) is 0 Å². The summed E-state index contributed by atoms with van der Waals surface area (Å²) in [6.07, 6.45) is 1.81. The number of nitrogens with two attached hydrogens (primary N) is 1. The Kier molecular flexibility index (Phi) is 4.34.